The Bertz CT molecular complexity index is 1210. The first kappa shape index (κ1) is 25.9. The Hall–Kier alpha value is -3.14. The highest BCUT2D eigenvalue weighted by Gasteiger charge is 2.16. The number of aromatic nitrogens is 1. The number of morpholine rings is 1. The van der Waals surface area contributed by atoms with Crippen LogP contribution in [-0.4, -0.2) is 73.5 Å². The number of ether oxygens (including phenoxy) is 3. The van der Waals surface area contributed by atoms with Crippen LogP contribution in [0.3, 0.4) is 0 Å². The van der Waals surface area contributed by atoms with Gasteiger partial charge in [-0.15, -0.1) is 0 Å². The minimum Gasteiger partial charge on any atom is -0.493 e. The highest BCUT2D eigenvalue weighted by molar-refractivity contribution is 7.80. The zero-order valence-electron chi connectivity index (χ0n) is 20.9. The number of rotatable bonds is 10. The van der Waals surface area contributed by atoms with Crippen LogP contribution in [-0.2, 0) is 17.8 Å². The molecule has 0 amide bonds. The maximum Gasteiger partial charge on any atom is 0.253 e. The third-order valence-electron chi connectivity index (χ3n) is 6.37. The Morgan fingerprint density at radius 1 is 1.11 bits per heavy atom. The number of H-pyrrole nitrogens is 1. The summed E-state index contributed by atoms with van der Waals surface area (Å²) < 4.78 is 16.3. The van der Waals surface area contributed by atoms with Crippen LogP contribution in [0.4, 0.5) is 0 Å². The number of benzene rings is 2. The van der Waals surface area contributed by atoms with Crippen molar-refractivity contribution in [3.63, 3.8) is 0 Å². The lowest BCUT2D eigenvalue weighted by molar-refractivity contribution is 0.0367. The third-order valence-corrected chi connectivity index (χ3v) is 6.77. The summed E-state index contributed by atoms with van der Waals surface area (Å²) in [5, 5.41) is 4.88. The molecule has 0 bridgehead atoms. The molecule has 0 spiro atoms. The van der Waals surface area contributed by atoms with E-state index < -0.39 is 0 Å². The number of hydrogen-bond acceptors (Lipinski definition) is 6. The molecular weight excluding hydrogens is 476 g/mol. The second kappa shape index (κ2) is 12.7. The quantitative estimate of drug-likeness (QED) is 0.403. The summed E-state index contributed by atoms with van der Waals surface area (Å²) >= 11 is 5.79. The first-order valence-electron chi connectivity index (χ1n) is 12.2. The van der Waals surface area contributed by atoms with Crippen LogP contribution < -0.4 is 20.3 Å². The first-order chi connectivity index (χ1) is 17.6. The molecule has 1 aromatic heterocycles. The van der Waals surface area contributed by atoms with Crippen LogP contribution in [0.25, 0.3) is 10.9 Å². The summed E-state index contributed by atoms with van der Waals surface area (Å²) in [4.78, 5) is 20.5. The Kier molecular flexibility index (Phi) is 9.16. The van der Waals surface area contributed by atoms with E-state index >= 15 is 0 Å². The molecular formula is C27H34N4O4S. The van der Waals surface area contributed by atoms with Crippen LogP contribution in [0.15, 0.2) is 53.3 Å². The fourth-order valence-corrected chi connectivity index (χ4v) is 4.58. The summed E-state index contributed by atoms with van der Waals surface area (Å²) in [6.07, 6.45) is 0.934. The minimum atomic E-state index is -0.140. The average Bonchev–Trinajstić information content (AvgIpc) is 2.92. The molecule has 0 radical (unpaired) electrons. The summed E-state index contributed by atoms with van der Waals surface area (Å²) in [7, 11) is 3.18. The molecule has 2 aromatic carbocycles. The lowest BCUT2D eigenvalue weighted by atomic mass is 10.1. The van der Waals surface area contributed by atoms with Gasteiger partial charge >= 0.3 is 0 Å². The molecule has 0 aliphatic carbocycles. The highest BCUT2D eigenvalue weighted by atomic mass is 32.1. The van der Waals surface area contributed by atoms with E-state index in [1.807, 2.05) is 30.3 Å². The van der Waals surface area contributed by atoms with Gasteiger partial charge in [-0.1, -0.05) is 30.3 Å². The van der Waals surface area contributed by atoms with Gasteiger partial charge in [0.2, 0.25) is 0 Å². The second-order valence-corrected chi connectivity index (χ2v) is 9.18. The molecule has 0 unspecified atom stereocenters. The SMILES string of the molecule is COc1cc2cc(CN(CCCN3CCOCC3)C(=S)NCc3ccccc3)c(=O)[nH]c2cc1OC. The summed E-state index contributed by atoms with van der Waals surface area (Å²) in [6, 6.07) is 15.7. The molecule has 2 N–H and O–H groups in total. The standard InChI is InChI=1S/C27H34N4O4S/c1-33-24-16-21-15-22(26(32)29-23(21)17-25(24)34-2)19-31(10-6-9-30-11-13-35-14-12-30)27(36)28-18-20-7-4-3-5-8-20/h3-5,7-8,15-17H,6,9-14,18-19H2,1-2H3,(H,28,36)(H,29,32). The maximum atomic E-state index is 13.0. The number of pyridine rings is 1. The first-order valence-corrected chi connectivity index (χ1v) is 12.6. The van der Waals surface area contributed by atoms with Crippen molar-refractivity contribution in [2.75, 3.05) is 53.6 Å². The molecule has 2 heterocycles. The molecule has 3 aromatic rings. The van der Waals surface area contributed by atoms with Gasteiger partial charge in [0.05, 0.1) is 39.5 Å². The number of fused-ring (bicyclic) bond motifs is 1. The van der Waals surface area contributed by atoms with Crippen molar-refractivity contribution in [3.8, 4) is 11.5 Å². The molecule has 9 heteroatoms. The van der Waals surface area contributed by atoms with Gasteiger partial charge in [-0.25, -0.2) is 0 Å². The van der Waals surface area contributed by atoms with E-state index in [0.29, 0.717) is 40.8 Å². The Morgan fingerprint density at radius 3 is 2.56 bits per heavy atom. The van der Waals surface area contributed by atoms with E-state index in [1.165, 1.54) is 0 Å². The highest BCUT2D eigenvalue weighted by Crippen LogP contribution is 2.31. The average molecular weight is 511 g/mol. The molecule has 0 atom stereocenters. The van der Waals surface area contributed by atoms with Gasteiger partial charge in [-0.3, -0.25) is 9.69 Å². The number of nitrogens with zero attached hydrogens (tertiary/aromatic N) is 2. The van der Waals surface area contributed by atoms with E-state index in [2.05, 4.69) is 32.2 Å². The van der Waals surface area contributed by atoms with Gasteiger partial charge in [0.1, 0.15) is 0 Å². The largest absolute Gasteiger partial charge is 0.493 e. The van der Waals surface area contributed by atoms with Crippen molar-refractivity contribution < 1.29 is 14.2 Å². The Labute approximate surface area is 217 Å². The van der Waals surface area contributed by atoms with Gasteiger partial charge in [-0.2, -0.15) is 0 Å². The lowest BCUT2D eigenvalue weighted by Gasteiger charge is -2.29. The summed E-state index contributed by atoms with van der Waals surface area (Å²) in [5.74, 6) is 1.19. The summed E-state index contributed by atoms with van der Waals surface area (Å²) in [6.45, 7) is 6.20. The predicted octanol–water partition coefficient (Wildman–Crippen LogP) is 3.14. The maximum absolute atomic E-state index is 13.0. The van der Waals surface area contributed by atoms with Gasteiger partial charge in [0.15, 0.2) is 16.6 Å². The topological polar surface area (TPSA) is 79.1 Å². The van der Waals surface area contributed by atoms with Crippen molar-refractivity contribution in [1.82, 2.24) is 20.1 Å². The predicted molar refractivity (Wildman–Crippen MR) is 146 cm³/mol. The van der Waals surface area contributed by atoms with E-state index in [-0.39, 0.29) is 5.56 Å². The molecule has 8 nitrogen and oxygen atoms in total. The Morgan fingerprint density at radius 2 is 1.83 bits per heavy atom. The number of thiocarbonyl (C=S) groups is 1. The minimum absolute atomic E-state index is 0.140. The molecule has 1 saturated heterocycles. The molecule has 4 rings (SSSR count). The second-order valence-electron chi connectivity index (χ2n) is 8.79. The smallest absolute Gasteiger partial charge is 0.253 e. The Balaban J connectivity index is 1.51. The van der Waals surface area contributed by atoms with Crippen molar-refractivity contribution in [2.24, 2.45) is 0 Å². The molecule has 1 aliphatic heterocycles. The normalized spacial score (nSPS) is 13.9. The number of nitrogens with one attached hydrogen (secondary N) is 2. The van der Waals surface area contributed by atoms with E-state index in [4.69, 9.17) is 26.4 Å². The fourth-order valence-electron chi connectivity index (χ4n) is 4.35. The van der Waals surface area contributed by atoms with Crippen molar-refractivity contribution in [2.45, 2.75) is 19.5 Å². The molecule has 1 aliphatic rings. The van der Waals surface area contributed by atoms with Gasteiger partial charge in [0.25, 0.3) is 5.56 Å². The molecule has 1 fully saturated rings. The monoisotopic (exact) mass is 510 g/mol. The van der Waals surface area contributed by atoms with Gasteiger partial charge in [-0.05, 0) is 36.3 Å². The summed E-state index contributed by atoms with van der Waals surface area (Å²) in [5.41, 5.74) is 2.35. The molecule has 0 saturated carbocycles. The zero-order chi connectivity index (χ0) is 25.3. The molecule has 192 valence electrons. The number of methoxy groups -OCH3 is 2. The fraction of sp³-hybridized carbons (Fsp3) is 0.407. The van der Waals surface area contributed by atoms with Crippen LogP contribution in [0, 0.1) is 0 Å². The van der Waals surface area contributed by atoms with Crippen LogP contribution in [0.5, 0.6) is 11.5 Å². The zero-order valence-corrected chi connectivity index (χ0v) is 21.7. The third kappa shape index (κ3) is 6.75. The van der Waals surface area contributed by atoms with Crippen molar-refractivity contribution in [3.05, 3.63) is 70.0 Å². The van der Waals surface area contributed by atoms with Crippen LogP contribution in [0.2, 0.25) is 0 Å². The van der Waals surface area contributed by atoms with Gasteiger partial charge < -0.3 is 29.4 Å². The number of aromatic amines is 1. The molecule has 36 heavy (non-hydrogen) atoms. The van der Waals surface area contributed by atoms with Crippen molar-refractivity contribution >= 4 is 28.2 Å². The van der Waals surface area contributed by atoms with E-state index in [1.54, 1.807) is 20.3 Å². The van der Waals surface area contributed by atoms with Gasteiger partial charge in [0, 0.05) is 49.7 Å². The lowest BCUT2D eigenvalue weighted by Crippen LogP contribution is -2.42. The van der Waals surface area contributed by atoms with E-state index in [9.17, 15) is 4.79 Å². The van der Waals surface area contributed by atoms with Crippen LogP contribution >= 0.6 is 12.2 Å². The number of hydrogen-bond donors (Lipinski definition) is 2. The van der Waals surface area contributed by atoms with E-state index in [0.717, 1.165) is 56.8 Å². The van der Waals surface area contributed by atoms with Crippen LogP contribution in [0.1, 0.15) is 17.5 Å². The van der Waals surface area contributed by atoms with Crippen molar-refractivity contribution in [1.29, 1.82) is 0 Å².